The van der Waals surface area contributed by atoms with E-state index < -0.39 is 0 Å². The van der Waals surface area contributed by atoms with Crippen LogP contribution in [0.1, 0.15) is 38.2 Å². The molecule has 0 unspecified atom stereocenters. The molecule has 0 radical (unpaired) electrons. The van der Waals surface area contributed by atoms with Gasteiger partial charge in [0.1, 0.15) is 0 Å². The lowest BCUT2D eigenvalue weighted by Crippen LogP contribution is -2.08. The van der Waals surface area contributed by atoms with Gasteiger partial charge in [0.25, 0.3) is 0 Å². The Labute approximate surface area is 91.2 Å². The van der Waals surface area contributed by atoms with Crippen LogP contribution in [0.4, 0.5) is 0 Å². The smallest absolute Gasteiger partial charge is 0.161 e. The van der Waals surface area contributed by atoms with Crippen LogP contribution in [0.2, 0.25) is 0 Å². The highest BCUT2D eigenvalue weighted by Gasteiger charge is 2.10. The molecule has 0 N–H and O–H groups in total. The molecule has 0 aromatic heterocycles. The van der Waals surface area contributed by atoms with Gasteiger partial charge < -0.3 is 9.47 Å². The Balaban J connectivity index is 2.27. The van der Waals surface area contributed by atoms with E-state index in [0.29, 0.717) is 5.92 Å². The van der Waals surface area contributed by atoms with Gasteiger partial charge in [0.2, 0.25) is 0 Å². The van der Waals surface area contributed by atoms with E-state index >= 15 is 0 Å². The first-order valence-electron chi connectivity index (χ1n) is 5.67. The van der Waals surface area contributed by atoms with Crippen molar-refractivity contribution in [2.75, 3.05) is 13.2 Å². The summed E-state index contributed by atoms with van der Waals surface area (Å²) in [6.45, 7) is 5.98. The van der Waals surface area contributed by atoms with Gasteiger partial charge >= 0.3 is 0 Å². The van der Waals surface area contributed by atoms with Gasteiger partial charge in [0.15, 0.2) is 11.5 Å². The van der Waals surface area contributed by atoms with E-state index in [2.05, 4.69) is 26.0 Å². The van der Waals surface area contributed by atoms with E-state index in [-0.39, 0.29) is 0 Å². The fourth-order valence-corrected chi connectivity index (χ4v) is 1.68. The predicted molar refractivity (Wildman–Crippen MR) is 60.8 cm³/mol. The largest absolute Gasteiger partial charge is 0.490 e. The van der Waals surface area contributed by atoms with E-state index in [1.165, 1.54) is 5.56 Å². The van der Waals surface area contributed by atoms with Crippen LogP contribution >= 0.6 is 0 Å². The molecule has 0 aliphatic carbocycles. The van der Waals surface area contributed by atoms with Crippen LogP contribution in [0.15, 0.2) is 18.2 Å². The van der Waals surface area contributed by atoms with Crippen molar-refractivity contribution in [3.05, 3.63) is 23.8 Å². The number of benzene rings is 1. The van der Waals surface area contributed by atoms with E-state index in [4.69, 9.17) is 9.47 Å². The first-order chi connectivity index (χ1) is 7.27. The van der Waals surface area contributed by atoms with Crippen LogP contribution in [0.5, 0.6) is 11.5 Å². The van der Waals surface area contributed by atoms with Crippen LogP contribution in [-0.2, 0) is 0 Å². The quantitative estimate of drug-likeness (QED) is 0.701. The van der Waals surface area contributed by atoms with Crippen molar-refractivity contribution in [2.45, 2.75) is 32.6 Å². The molecule has 2 nitrogen and oxygen atoms in total. The summed E-state index contributed by atoms with van der Waals surface area (Å²) >= 11 is 0. The average molecular weight is 206 g/mol. The molecule has 0 fully saturated rings. The first kappa shape index (κ1) is 10.3. The van der Waals surface area contributed by atoms with Crippen LogP contribution in [0.25, 0.3) is 0 Å². The first-order valence-corrected chi connectivity index (χ1v) is 5.67. The molecule has 1 aromatic carbocycles. The van der Waals surface area contributed by atoms with Gasteiger partial charge in [-0.3, -0.25) is 0 Å². The van der Waals surface area contributed by atoms with Crippen molar-refractivity contribution in [3.63, 3.8) is 0 Å². The summed E-state index contributed by atoms with van der Waals surface area (Å²) in [5, 5.41) is 0. The molecule has 0 spiro atoms. The Morgan fingerprint density at radius 3 is 2.33 bits per heavy atom. The van der Waals surface area contributed by atoms with Gasteiger partial charge in [-0.25, -0.2) is 0 Å². The molecule has 0 atom stereocenters. The normalized spacial score (nSPS) is 15.9. The van der Waals surface area contributed by atoms with Crippen LogP contribution in [0, 0.1) is 0 Å². The summed E-state index contributed by atoms with van der Waals surface area (Å²) in [4.78, 5) is 0. The second kappa shape index (κ2) is 4.56. The summed E-state index contributed by atoms with van der Waals surface area (Å²) in [5.74, 6) is 2.32. The minimum absolute atomic E-state index is 0.532. The fourth-order valence-electron chi connectivity index (χ4n) is 1.68. The summed E-state index contributed by atoms with van der Waals surface area (Å²) in [7, 11) is 0. The molecule has 1 aliphatic heterocycles. The third-order valence-corrected chi connectivity index (χ3v) is 2.69. The molecule has 2 heteroatoms. The maximum Gasteiger partial charge on any atom is 0.161 e. The lowest BCUT2D eigenvalue weighted by atomic mass is 10.0. The molecule has 0 amide bonds. The van der Waals surface area contributed by atoms with Crippen molar-refractivity contribution >= 4 is 0 Å². The molecule has 0 bridgehead atoms. The Kier molecular flexibility index (Phi) is 3.14. The van der Waals surface area contributed by atoms with Crippen LogP contribution < -0.4 is 9.47 Å². The highest BCUT2D eigenvalue weighted by molar-refractivity contribution is 5.44. The van der Waals surface area contributed by atoms with Crippen LogP contribution in [-0.4, -0.2) is 13.2 Å². The topological polar surface area (TPSA) is 18.5 Å². The standard InChI is InChI=1S/C13H18O2/c1-10(2)11-5-6-12-13(9-11)15-8-4-3-7-14-12/h5-6,9-10H,3-4,7-8H2,1-2H3. The van der Waals surface area contributed by atoms with E-state index in [9.17, 15) is 0 Å². The Morgan fingerprint density at radius 1 is 1.00 bits per heavy atom. The number of ether oxygens (including phenoxy) is 2. The Bertz CT molecular complexity index is 331. The molecular weight excluding hydrogens is 188 g/mol. The molecule has 82 valence electrons. The Morgan fingerprint density at radius 2 is 1.67 bits per heavy atom. The minimum Gasteiger partial charge on any atom is -0.490 e. The highest BCUT2D eigenvalue weighted by Crippen LogP contribution is 2.32. The van der Waals surface area contributed by atoms with Crippen molar-refractivity contribution in [1.82, 2.24) is 0 Å². The van der Waals surface area contributed by atoms with Crippen molar-refractivity contribution in [2.24, 2.45) is 0 Å². The fraction of sp³-hybridized carbons (Fsp3) is 0.538. The van der Waals surface area contributed by atoms with Crippen molar-refractivity contribution in [1.29, 1.82) is 0 Å². The zero-order chi connectivity index (χ0) is 10.7. The SMILES string of the molecule is CC(C)c1ccc2c(c1)OCCCCO2. The van der Waals surface area contributed by atoms with Gasteiger partial charge in [-0.15, -0.1) is 0 Å². The van der Waals surface area contributed by atoms with E-state index in [0.717, 1.165) is 37.6 Å². The van der Waals surface area contributed by atoms with Gasteiger partial charge in [-0.2, -0.15) is 0 Å². The second-order valence-corrected chi connectivity index (χ2v) is 4.26. The van der Waals surface area contributed by atoms with Crippen LogP contribution in [0.3, 0.4) is 0 Å². The zero-order valence-electron chi connectivity index (χ0n) is 9.45. The maximum atomic E-state index is 5.69. The molecule has 0 saturated heterocycles. The highest BCUT2D eigenvalue weighted by atomic mass is 16.5. The van der Waals surface area contributed by atoms with Crippen molar-refractivity contribution < 1.29 is 9.47 Å². The molecule has 2 rings (SSSR count). The van der Waals surface area contributed by atoms with Gasteiger partial charge in [0.05, 0.1) is 13.2 Å². The van der Waals surface area contributed by atoms with Gasteiger partial charge in [-0.1, -0.05) is 19.9 Å². The predicted octanol–water partition coefficient (Wildman–Crippen LogP) is 3.36. The summed E-state index contributed by atoms with van der Waals surface area (Å²) in [6.07, 6.45) is 2.15. The summed E-state index contributed by atoms with van der Waals surface area (Å²) in [5.41, 5.74) is 1.30. The lowest BCUT2D eigenvalue weighted by molar-refractivity contribution is 0.223. The molecule has 1 aliphatic rings. The molecular formula is C13H18O2. The molecule has 0 saturated carbocycles. The van der Waals surface area contributed by atoms with Crippen molar-refractivity contribution in [3.8, 4) is 11.5 Å². The third-order valence-electron chi connectivity index (χ3n) is 2.69. The van der Waals surface area contributed by atoms with Gasteiger partial charge in [-0.05, 0) is 36.5 Å². The summed E-state index contributed by atoms with van der Waals surface area (Å²) in [6, 6.07) is 6.25. The minimum atomic E-state index is 0.532. The number of hydrogen-bond acceptors (Lipinski definition) is 2. The van der Waals surface area contributed by atoms with Gasteiger partial charge in [0, 0.05) is 0 Å². The van der Waals surface area contributed by atoms with E-state index in [1.807, 2.05) is 6.07 Å². The number of fused-ring (bicyclic) bond motifs is 1. The number of hydrogen-bond donors (Lipinski definition) is 0. The number of rotatable bonds is 1. The molecule has 1 heterocycles. The average Bonchev–Trinajstić information content (AvgIpc) is 2.18. The lowest BCUT2D eigenvalue weighted by Gasteiger charge is -2.17. The molecule has 15 heavy (non-hydrogen) atoms. The zero-order valence-corrected chi connectivity index (χ0v) is 9.45. The summed E-state index contributed by atoms with van der Waals surface area (Å²) < 4.78 is 11.3. The van der Waals surface area contributed by atoms with E-state index in [1.54, 1.807) is 0 Å². The monoisotopic (exact) mass is 206 g/mol. The third kappa shape index (κ3) is 2.44. The Hall–Kier alpha value is -1.18. The second-order valence-electron chi connectivity index (χ2n) is 4.26. The molecule has 1 aromatic rings. The maximum absolute atomic E-state index is 5.69.